The molecule has 0 aliphatic heterocycles. The van der Waals surface area contributed by atoms with Gasteiger partial charge in [-0.3, -0.25) is 0 Å². The molecule has 0 spiro atoms. The molecule has 0 amide bonds. The summed E-state index contributed by atoms with van der Waals surface area (Å²) < 4.78 is 0. The number of hydrogen-bond donors (Lipinski definition) is 0. The number of carbonyl (C=O) groups is 2. The van der Waals surface area contributed by atoms with Crippen molar-refractivity contribution in [1.29, 1.82) is 0 Å². The largest absolute Gasteiger partial charge is 0.332 e. The van der Waals surface area contributed by atoms with E-state index in [1.807, 2.05) is 0 Å². The molecule has 1 rings (SSSR count). The molecule has 0 saturated carbocycles. The molecule has 108 valence electrons. The normalized spacial score (nSPS) is 19.7. The van der Waals surface area contributed by atoms with Gasteiger partial charge >= 0.3 is 11.9 Å². The van der Waals surface area contributed by atoms with E-state index in [9.17, 15) is 9.59 Å². The second-order valence-electron chi connectivity index (χ2n) is 3.30. The van der Waals surface area contributed by atoms with E-state index < -0.39 is 11.9 Å². The van der Waals surface area contributed by atoms with Gasteiger partial charge in [0.1, 0.15) is 0 Å². The van der Waals surface area contributed by atoms with Crippen LogP contribution in [0.5, 0.6) is 0 Å². The summed E-state index contributed by atoms with van der Waals surface area (Å²) in [4.78, 5) is 30.4. The summed E-state index contributed by atoms with van der Waals surface area (Å²) in [7, 11) is 0. The van der Waals surface area contributed by atoms with Gasteiger partial charge in [-0.25, -0.2) is 9.59 Å². The minimum absolute atomic E-state index is 0.106. The lowest BCUT2D eigenvalue weighted by molar-refractivity contribution is -0.142. The van der Waals surface area contributed by atoms with Crippen LogP contribution < -0.4 is 0 Å². The molecule has 0 atom stereocenters. The lowest BCUT2D eigenvalue weighted by atomic mass is 10.1. The molecule has 0 N–H and O–H groups in total. The van der Waals surface area contributed by atoms with Gasteiger partial charge in [-0.2, -0.15) is 0 Å². The van der Waals surface area contributed by atoms with Crippen molar-refractivity contribution in [2.45, 2.75) is 13.8 Å². The predicted molar refractivity (Wildman–Crippen MR) is 75.9 cm³/mol. The van der Waals surface area contributed by atoms with Gasteiger partial charge in [0.25, 0.3) is 0 Å². The first-order chi connectivity index (χ1) is 9.25. The number of rotatable bonds is 2. The maximum atomic E-state index is 10.8. The number of carbonyl (C=O) groups excluding carboxylic acids is 2. The van der Waals surface area contributed by atoms with E-state index in [0.29, 0.717) is 0 Å². The van der Waals surface area contributed by atoms with Gasteiger partial charge in [0.15, 0.2) is 11.4 Å². The van der Waals surface area contributed by atoms with Crippen LogP contribution in [0.2, 0.25) is 0 Å². The molecule has 0 fully saturated rings. The van der Waals surface area contributed by atoms with E-state index in [1.54, 1.807) is 0 Å². The molecular formula is C10H6Cl4N2O4. The average molecular weight is 360 g/mol. The monoisotopic (exact) mass is 358 g/mol. The topological polar surface area (TPSA) is 77.3 Å². The molecule has 0 aromatic heterocycles. The van der Waals surface area contributed by atoms with Gasteiger partial charge in [0.05, 0.1) is 20.1 Å². The molecule has 0 heterocycles. The van der Waals surface area contributed by atoms with Crippen LogP contribution in [0.25, 0.3) is 0 Å². The highest BCUT2D eigenvalue weighted by Crippen LogP contribution is 2.36. The third-order valence-electron chi connectivity index (χ3n) is 1.75. The van der Waals surface area contributed by atoms with Gasteiger partial charge in [-0.05, 0) is 0 Å². The summed E-state index contributed by atoms with van der Waals surface area (Å²) >= 11 is 23.5. The summed E-state index contributed by atoms with van der Waals surface area (Å²) in [6, 6.07) is 0. The second kappa shape index (κ2) is 7.08. The maximum absolute atomic E-state index is 10.8. The Morgan fingerprint density at radius 1 is 0.750 bits per heavy atom. The Balaban J connectivity index is 3.35. The highest BCUT2D eigenvalue weighted by Gasteiger charge is 2.30. The van der Waals surface area contributed by atoms with Crippen molar-refractivity contribution in [3.05, 3.63) is 20.1 Å². The summed E-state index contributed by atoms with van der Waals surface area (Å²) in [6.07, 6.45) is 0. The van der Waals surface area contributed by atoms with Crippen molar-refractivity contribution < 1.29 is 19.3 Å². The molecular weight excluding hydrogens is 354 g/mol. The van der Waals surface area contributed by atoms with Gasteiger partial charge < -0.3 is 9.68 Å². The van der Waals surface area contributed by atoms with Crippen molar-refractivity contribution in [2.75, 3.05) is 0 Å². The van der Waals surface area contributed by atoms with Gasteiger partial charge in [-0.15, -0.1) is 0 Å². The van der Waals surface area contributed by atoms with E-state index in [-0.39, 0.29) is 31.6 Å². The molecule has 0 aromatic carbocycles. The van der Waals surface area contributed by atoms with Crippen molar-refractivity contribution in [3.8, 4) is 0 Å². The Bertz CT molecular complexity index is 540. The first kappa shape index (κ1) is 17.0. The Hall–Kier alpha value is -1.08. The Morgan fingerprint density at radius 2 is 1.05 bits per heavy atom. The first-order valence-electron chi connectivity index (χ1n) is 4.88. The highest BCUT2D eigenvalue weighted by molar-refractivity contribution is 6.75. The van der Waals surface area contributed by atoms with E-state index in [1.165, 1.54) is 0 Å². The molecule has 6 nitrogen and oxygen atoms in total. The molecule has 0 radical (unpaired) electrons. The zero-order valence-electron chi connectivity index (χ0n) is 10.0. The number of halogens is 4. The van der Waals surface area contributed by atoms with E-state index >= 15 is 0 Å². The number of nitrogens with zero attached hydrogens (tertiary/aromatic N) is 2. The Kier molecular flexibility index (Phi) is 6.01. The Morgan fingerprint density at radius 3 is 1.30 bits per heavy atom. The molecule has 0 aromatic rings. The van der Waals surface area contributed by atoms with Gasteiger partial charge in [0.2, 0.25) is 0 Å². The quantitative estimate of drug-likeness (QED) is 0.431. The molecule has 0 unspecified atom stereocenters. The zero-order valence-corrected chi connectivity index (χ0v) is 13.1. The minimum atomic E-state index is -0.707. The Labute approximate surface area is 133 Å². The lowest BCUT2D eigenvalue weighted by Crippen LogP contribution is -2.22. The van der Waals surface area contributed by atoms with Crippen molar-refractivity contribution in [3.63, 3.8) is 0 Å². The fourth-order valence-corrected chi connectivity index (χ4v) is 1.90. The third-order valence-corrected chi connectivity index (χ3v) is 3.53. The number of allylic oxidation sites excluding steroid dienone is 4. The lowest BCUT2D eigenvalue weighted by Gasteiger charge is -2.15. The first-order valence-corrected chi connectivity index (χ1v) is 6.40. The molecule has 20 heavy (non-hydrogen) atoms. The van der Waals surface area contributed by atoms with Crippen LogP contribution in [0.3, 0.4) is 0 Å². The van der Waals surface area contributed by atoms with Crippen LogP contribution >= 0.6 is 46.4 Å². The molecule has 0 bridgehead atoms. The van der Waals surface area contributed by atoms with E-state index in [2.05, 4.69) is 20.0 Å². The summed E-state index contributed by atoms with van der Waals surface area (Å²) in [6.45, 7) is 2.25. The van der Waals surface area contributed by atoms with E-state index in [0.717, 1.165) is 13.8 Å². The van der Waals surface area contributed by atoms with Crippen LogP contribution in [0.1, 0.15) is 13.8 Å². The average Bonchev–Trinajstić information content (AvgIpc) is 2.37. The third kappa shape index (κ3) is 3.96. The van der Waals surface area contributed by atoms with Gasteiger partial charge in [-0.1, -0.05) is 56.7 Å². The predicted octanol–water partition coefficient (Wildman–Crippen LogP) is 3.22. The zero-order chi connectivity index (χ0) is 15.4. The molecule has 1 aliphatic carbocycles. The second-order valence-corrected chi connectivity index (χ2v) is 4.81. The fraction of sp³-hybridized carbons (Fsp3) is 0.200. The smallest absolute Gasteiger partial charge is 0.318 e. The number of oxime groups is 2. The summed E-state index contributed by atoms with van der Waals surface area (Å²) in [5.41, 5.74) is -0.384. The van der Waals surface area contributed by atoms with Crippen LogP contribution in [-0.4, -0.2) is 23.4 Å². The van der Waals surface area contributed by atoms with Crippen LogP contribution in [0, 0.1) is 0 Å². The highest BCUT2D eigenvalue weighted by atomic mass is 35.5. The molecule has 0 saturated heterocycles. The molecule has 1 aliphatic rings. The fourth-order valence-electron chi connectivity index (χ4n) is 0.995. The summed E-state index contributed by atoms with van der Waals surface area (Å²) in [5, 5.41) is 6.37. The van der Waals surface area contributed by atoms with Crippen LogP contribution in [-0.2, 0) is 19.3 Å². The number of hydrogen-bond acceptors (Lipinski definition) is 6. The van der Waals surface area contributed by atoms with Gasteiger partial charge in [0, 0.05) is 13.8 Å². The standard InChI is InChI=1S/C10H6Cl4N2O4/c1-3(17)19-15-9-7(13)5(11)6(12)8(14)10(9)16-20-4(2)18/h1-2H3. The maximum Gasteiger partial charge on any atom is 0.332 e. The SMILES string of the molecule is CC(=O)ON=C1C(=NOC(C)=O)C(Cl)=C(Cl)C(Cl)=C1Cl. The van der Waals surface area contributed by atoms with Crippen molar-refractivity contribution in [1.82, 2.24) is 0 Å². The van der Waals surface area contributed by atoms with Crippen LogP contribution in [0.15, 0.2) is 30.4 Å². The summed E-state index contributed by atoms with van der Waals surface area (Å²) in [5.74, 6) is -1.41. The molecule has 10 heteroatoms. The minimum Gasteiger partial charge on any atom is -0.318 e. The van der Waals surface area contributed by atoms with Crippen LogP contribution in [0.4, 0.5) is 0 Å². The van der Waals surface area contributed by atoms with Crippen molar-refractivity contribution >= 4 is 69.8 Å². The van der Waals surface area contributed by atoms with E-state index in [4.69, 9.17) is 46.4 Å². The van der Waals surface area contributed by atoms with Crippen molar-refractivity contribution in [2.24, 2.45) is 10.3 Å².